The summed E-state index contributed by atoms with van der Waals surface area (Å²) in [6.45, 7) is 8.88. The largest absolute Gasteiger partial charge is 0.206 e. The van der Waals surface area contributed by atoms with Crippen LogP contribution in [0.15, 0.2) is 66.7 Å². The van der Waals surface area contributed by atoms with E-state index in [1.807, 2.05) is 18.2 Å². The molecule has 0 N–H and O–H groups in total. The molecule has 31 heavy (non-hydrogen) atoms. The first-order chi connectivity index (χ1) is 15.0. The number of rotatable bonds is 7. The van der Waals surface area contributed by atoms with E-state index in [-0.39, 0.29) is 5.82 Å². The van der Waals surface area contributed by atoms with Crippen LogP contribution in [0.2, 0.25) is 0 Å². The summed E-state index contributed by atoms with van der Waals surface area (Å²) >= 11 is 0. The van der Waals surface area contributed by atoms with Crippen molar-refractivity contribution in [2.45, 2.75) is 53.4 Å². The molecular formula is C30H33F. The maximum absolute atomic E-state index is 14.4. The predicted octanol–water partition coefficient (Wildman–Crippen LogP) is 8.07. The van der Waals surface area contributed by atoms with Gasteiger partial charge in [-0.15, -0.1) is 0 Å². The summed E-state index contributed by atoms with van der Waals surface area (Å²) in [4.78, 5) is 0. The van der Waals surface area contributed by atoms with Crippen LogP contribution >= 0.6 is 0 Å². The molecule has 3 aromatic rings. The van der Waals surface area contributed by atoms with Crippen LogP contribution in [-0.2, 0) is 12.8 Å². The maximum Gasteiger partial charge on any atom is 0.139 e. The lowest BCUT2D eigenvalue weighted by molar-refractivity contribution is 0.555. The Bertz CT molecular complexity index is 1030. The average Bonchev–Trinajstić information content (AvgIpc) is 2.79. The Morgan fingerprint density at radius 1 is 0.677 bits per heavy atom. The van der Waals surface area contributed by atoms with E-state index in [2.05, 4.69) is 75.9 Å². The summed E-state index contributed by atoms with van der Waals surface area (Å²) in [6.07, 6.45) is 4.33. The Balaban J connectivity index is 1.68. The van der Waals surface area contributed by atoms with Crippen LogP contribution in [-0.4, -0.2) is 0 Å². The van der Waals surface area contributed by atoms with Gasteiger partial charge in [0.25, 0.3) is 0 Å². The van der Waals surface area contributed by atoms with E-state index in [9.17, 15) is 4.39 Å². The van der Waals surface area contributed by atoms with E-state index in [1.165, 1.54) is 23.1 Å². The molecule has 160 valence electrons. The highest BCUT2D eigenvalue weighted by molar-refractivity contribution is 5.64. The highest BCUT2D eigenvalue weighted by atomic mass is 19.1. The van der Waals surface area contributed by atoms with E-state index in [0.29, 0.717) is 17.4 Å². The molecule has 0 saturated carbocycles. The molecule has 0 aliphatic carbocycles. The van der Waals surface area contributed by atoms with Gasteiger partial charge < -0.3 is 0 Å². The Morgan fingerprint density at radius 3 is 1.74 bits per heavy atom. The van der Waals surface area contributed by atoms with Gasteiger partial charge in [-0.2, -0.15) is 0 Å². The molecule has 0 aliphatic rings. The molecule has 0 radical (unpaired) electrons. The predicted molar refractivity (Wildman–Crippen MR) is 131 cm³/mol. The second-order valence-electron chi connectivity index (χ2n) is 8.77. The lowest BCUT2D eigenvalue weighted by atomic mass is 9.96. The quantitative estimate of drug-likeness (QED) is 0.344. The van der Waals surface area contributed by atoms with Gasteiger partial charge in [0.2, 0.25) is 0 Å². The normalized spacial score (nSPS) is 12.7. The average molecular weight is 413 g/mol. The van der Waals surface area contributed by atoms with Crippen LogP contribution in [0.25, 0.3) is 11.1 Å². The second-order valence-corrected chi connectivity index (χ2v) is 8.77. The first kappa shape index (κ1) is 22.8. The summed E-state index contributed by atoms with van der Waals surface area (Å²) in [5.74, 6) is 7.13. The van der Waals surface area contributed by atoms with Crippen molar-refractivity contribution in [1.82, 2.24) is 0 Å². The molecule has 1 heteroatoms. The molecule has 0 fully saturated rings. The van der Waals surface area contributed by atoms with Gasteiger partial charge in [-0.25, -0.2) is 4.39 Å². The smallest absolute Gasteiger partial charge is 0.139 e. The fourth-order valence-corrected chi connectivity index (χ4v) is 3.60. The molecule has 0 aliphatic heterocycles. The van der Waals surface area contributed by atoms with Crippen molar-refractivity contribution in [1.29, 1.82) is 0 Å². The van der Waals surface area contributed by atoms with Crippen molar-refractivity contribution in [3.8, 4) is 23.0 Å². The van der Waals surface area contributed by atoms with Crippen LogP contribution in [0.5, 0.6) is 0 Å². The first-order valence-corrected chi connectivity index (χ1v) is 11.5. The Kier molecular flexibility index (Phi) is 8.07. The third-order valence-corrected chi connectivity index (χ3v) is 6.11. The highest BCUT2D eigenvalue weighted by Gasteiger charge is 2.05. The SMILES string of the molecule is CC[C@H](C)Cc1ccc(-c2ccc(C#Cc3ccc(C[C@@H](C)CC)cc3F)cc2)cc1. The third kappa shape index (κ3) is 6.56. The van der Waals surface area contributed by atoms with Gasteiger partial charge in [0.1, 0.15) is 5.82 Å². The maximum atomic E-state index is 14.4. The molecule has 2 atom stereocenters. The molecule has 0 spiro atoms. The Labute approximate surface area is 187 Å². The summed E-state index contributed by atoms with van der Waals surface area (Å²) in [7, 11) is 0. The molecule has 0 amide bonds. The summed E-state index contributed by atoms with van der Waals surface area (Å²) in [5, 5.41) is 0. The lowest BCUT2D eigenvalue weighted by Gasteiger charge is -2.09. The van der Waals surface area contributed by atoms with Crippen LogP contribution in [0.4, 0.5) is 4.39 Å². The van der Waals surface area contributed by atoms with E-state index < -0.39 is 0 Å². The van der Waals surface area contributed by atoms with Crippen molar-refractivity contribution in [3.05, 3.63) is 94.8 Å². The minimum atomic E-state index is -0.234. The van der Waals surface area contributed by atoms with E-state index in [0.717, 1.165) is 30.4 Å². The zero-order chi connectivity index (χ0) is 22.2. The van der Waals surface area contributed by atoms with Gasteiger partial charge in [0, 0.05) is 5.56 Å². The van der Waals surface area contributed by atoms with Crippen LogP contribution in [0.3, 0.4) is 0 Å². The molecule has 0 unspecified atom stereocenters. The van der Waals surface area contributed by atoms with Crippen molar-refractivity contribution in [2.75, 3.05) is 0 Å². The molecule has 0 aromatic heterocycles. The van der Waals surface area contributed by atoms with Gasteiger partial charge in [-0.1, -0.05) is 94.8 Å². The molecule has 0 saturated heterocycles. The second kappa shape index (κ2) is 11.0. The third-order valence-electron chi connectivity index (χ3n) is 6.11. The van der Waals surface area contributed by atoms with Crippen molar-refractivity contribution >= 4 is 0 Å². The van der Waals surface area contributed by atoms with E-state index in [1.54, 1.807) is 12.1 Å². The van der Waals surface area contributed by atoms with Gasteiger partial charge in [-0.3, -0.25) is 0 Å². The molecule has 0 nitrogen and oxygen atoms in total. The number of benzene rings is 3. The molecule has 3 rings (SSSR count). The van der Waals surface area contributed by atoms with Crippen LogP contribution < -0.4 is 0 Å². The fourth-order valence-electron chi connectivity index (χ4n) is 3.60. The lowest BCUT2D eigenvalue weighted by Crippen LogP contribution is -1.98. The monoisotopic (exact) mass is 412 g/mol. The molecule has 0 heterocycles. The highest BCUT2D eigenvalue weighted by Crippen LogP contribution is 2.22. The zero-order valence-electron chi connectivity index (χ0n) is 19.2. The fraction of sp³-hybridized carbons (Fsp3) is 0.333. The Morgan fingerprint density at radius 2 is 1.19 bits per heavy atom. The topological polar surface area (TPSA) is 0 Å². The van der Waals surface area contributed by atoms with Crippen LogP contribution in [0.1, 0.15) is 62.8 Å². The standard InChI is InChI=1S/C30H33F/c1-5-22(3)19-25-10-15-28(16-11-25)27-13-7-24(8-14-27)9-17-29-18-12-26(21-30(29)31)20-23(4)6-2/h7-8,10-16,18,21-23H,5-6,19-20H2,1-4H3/t22-,23-/m0/s1. The van der Waals surface area contributed by atoms with Crippen molar-refractivity contribution in [3.63, 3.8) is 0 Å². The number of hydrogen-bond donors (Lipinski definition) is 0. The molecular weight excluding hydrogens is 379 g/mol. The summed E-state index contributed by atoms with van der Waals surface area (Å²) < 4.78 is 14.4. The van der Waals surface area contributed by atoms with E-state index >= 15 is 0 Å². The van der Waals surface area contributed by atoms with Gasteiger partial charge in [0.15, 0.2) is 0 Å². The van der Waals surface area contributed by atoms with Crippen molar-refractivity contribution in [2.24, 2.45) is 11.8 Å². The number of halogens is 1. The van der Waals surface area contributed by atoms with E-state index in [4.69, 9.17) is 0 Å². The van der Waals surface area contributed by atoms with Gasteiger partial charge in [0.05, 0.1) is 5.56 Å². The summed E-state index contributed by atoms with van der Waals surface area (Å²) in [5.41, 5.74) is 6.14. The minimum absolute atomic E-state index is 0.234. The molecule has 3 aromatic carbocycles. The van der Waals surface area contributed by atoms with Gasteiger partial charge in [-0.05, 0) is 71.2 Å². The first-order valence-electron chi connectivity index (χ1n) is 11.5. The minimum Gasteiger partial charge on any atom is -0.206 e. The van der Waals surface area contributed by atoms with Crippen molar-refractivity contribution < 1.29 is 4.39 Å². The van der Waals surface area contributed by atoms with Gasteiger partial charge >= 0.3 is 0 Å². The zero-order valence-corrected chi connectivity index (χ0v) is 19.2. The Hall–Kier alpha value is -2.85. The summed E-state index contributed by atoms with van der Waals surface area (Å²) in [6, 6.07) is 22.4. The van der Waals surface area contributed by atoms with Crippen LogP contribution in [0, 0.1) is 29.5 Å². The number of hydrogen-bond acceptors (Lipinski definition) is 0. The molecule has 0 bridgehead atoms.